The molecule has 21 heavy (non-hydrogen) atoms. The molecule has 5 heteroatoms. The molecule has 1 aromatic carbocycles. The van der Waals surface area contributed by atoms with Crippen LogP contribution in [0.4, 0.5) is 0 Å². The van der Waals surface area contributed by atoms with Crippen molar-refractivity contribution in [3.05, 3.63) is 29.8 Å². The highest BCUT2D eigenvalue weighted by Gasteiger charge is 2.15. The zero-order valence-corrected chi connectivity index (χ0v) is 13.6. The van der Waals surface area contributed by atoms with Crippen molar-refractivity contribution >= 4 is 18.3 Å². The van der Waals surface area contributed by atoms with Gasteiger partial charge >= 0.3 is 0 Å². The molecule has 1 aliphatic rings. The molecule has 0 saturated carbocycles. The van der Waals surface area contributed by atoms with Gasteiger partial charge in [0, 0.05) is 19.6 Å². The van der Waals surface area contributed by atoms with E-state index in [4.69, 9.17) is 4.74 Å². The van der Waals surface area contributed by atoms with E-state index in [2.05, 4.69) is 31.3 Å². The Labute approximate surface area is 133 Å². The van der Waals surface area contributed by atoms with Crippen LogP contribution in [-0.2, 0) is 4.79 Å². The molecule has 1 N–H and O–H groups in total. The van der Waals surface area contributed by atoms with Crippen molar-refractivity contribution in [2.45, 2.75) is 26.2 Å². The monoisotopic (exact) mass is 312 g/mol. The van der Waals surface area contributed by atoms with E-state index < -0.39 is 0 Å². The Bertz CT molecular complexity index is 426. The fourth-order valence-electron chi connectivity index (χ4n) is 2.28. The predicted molar refractivity (Wildman–Crippen MR) is 87.3 cm³/mol. The van der Waals surface area contributed by atoms with Crippen molar-refractivity contribution in [1.82, 2.24) is 10.2 Å². The van der Waals surface area contributed by atoms with E-state index in [1.54, 1.807) is 0 Å². The first-order valence-corrected chi connectivity index (χ1v) is 7.38. The Kier molecular flexibility index (Phi) is 7.54. The summed E-state index contributed by atoms with van der Waals surface area (Å²) in [5.41, 5.74) is 1.28. The van der Waals surface area contributed by atoms with Crippen molar-refractivity contribution in [2.24, 2.45) is 0 Å². The van der Waals surface area contributed by atoms with E-state index in [0.29, 0.717) is 5.92 Å². The molecule has 1 heterocycles. The normalized spacial score (nSPS) is 15.3. The third-order valence-corrected chi connectivity index (χ3v) is 3.60. The Morgan fingerprint density at radius 2 is 1.95 bits per heavy atom. The van der Waals surface area contributed by atoms with Crippen molar-refractivity contribution in [1.29, 1.82) is 0 Å². The summed E-state index contributed by atoms with van der Waals surface area (Å²) in [4.78, 5) is 13.9. The maximum absolute atomic E-state index is 12.1. The molecule has 1 aliphatic heterocycles. The van der Waals surface area contributed by atoms with Gasteiger partial charge in [-0.25, -0.2) is 0 Å². The molecule has 2 rings (SSSR count). The quantitative estimate of drug-likeness (QED) is 0.928. The number of nitrogens with one attached hydrogen (secondary N) is 1. The molecular formula is C16H25ClN2O2. The van der Waals surface area contributed by atoms with E-state index >= 15 is 0 Å². The Balaban J connectivity index is 0.00000220. The van der Waals surface area contributed by atoms with Crippen molar-refractivity contribution in [3.8, 4) is 5.75 Å². The molecule has 0 atom stereocenters. The lowest BCUT2D eigenvalue weighted by Crippen LogP contribution is -2.37. The van der Waals surface area contributed by atoms with Crippen LogP contribution < -0.4 is 10.1 Å². The zero-order chi connectivity index (χ0) is 14.4. The lowest BCUT2D eigenvalue weighted by molar-refractivity contribution is -0.133. The minimum Gasteiger partial charge on any atom is -0.484 e. The molecule has 1 saturated heterocycles. The highest BCUT2D eigenvalue weighted by atomic mass is 35.5. The summed E-state index contributed by atoms with van der Waals surface area (Å²) in [7, 11) is 0. The minimum atomic E-state index is 0. The molecule has 4 nitrogen and oxygen atoms in total. The van der Waals surface area contributed by atoms with Crippen LogP contribution in [-0.4, -0.2) is 43.6 Å². The van der Waals surface area contributed by atoms with Crippen molar-refractivity contribution in [3.63, 3.8) is 0 Å². The van der Waals surface area contributed by atoms with Gasteiger partial charge in [0.25, 0.3) is 5.91 Å². The fourth-order valence-corrected chi connectivity index (χ4v) is 2.28. The van der Waals surface area contributed by atoms with Gasteiger partial charge in [-0.15, -0.1) is 12.4 Å². The average molecular weight is 313 g/mol. The van der Waals surface area contributed by atoms with E-state index in [1.165, 1.54) is 5.56 Å². The number of hydrogen-bond acceptors (Lipinski definition) is 3. The van der Waals surface area contributed by atoms with Crippen LogP contribution in [0.1, 0.15) is 31.7 Å². The molecule has 0 aliphatic carbocycles. The lowest BCUT2D eigenvalue weighted by Gasteiger charge is -2.20. The zero-order valence-electron chi connectivity index (χ0n) is 12.8. The van der Waals surface area contributed by atoms with Crippen molar-refractivity contribution in [2.75, 3.05) is 32.8 Å². The fraction of sp³-hybridized carbons (Fsp3) is 0.562. The topological polar surface area (TPSA) is 41.6 Å². The van der Waals surface area contributed by atoms with Crippen LogP contribution in [0.3, 0.4) is 0 Å². The first-order valence-electron chi connectivity index (χ1n) is 7.38. The molecule has 0 bridgehead atoms. The first kappa shape index (κ1) is 17.8. The molecule has 0 aromatic heterocycles. The third kappa shape index (κ3) is 5.56. The number of ether oxygens (including phenoxy) is 1. The molecule has 1 aromatic rings. The summed E-state index contributed by atoms with van der Waals surface area (Å²) in [5, 5.41) is 3.29. The maximum atomic E-state index is 12.1. The number of rotatable bonds is 4. The summed E-state index contributed by atoms with van der Waals surface area (Å²) in [6.07, 6.45) is 1.01. The van der Waals surface area contributed by atoms with E-state index in [0.717, 1.165) is 38.3 Å². The van der Waals surface area contributed by atoms with Crippen LogP contribution in [0.5, 0.6) is 5.75 Å². The van der Waals surface area contributed by atoms with E-state index in [1.807, 2.05) is 17.0 Å². The van der Waals surface area contributed by atoms with Crippen LogP contribution >= 0.6 is 12.4 Å². The van der Waals surface area contributed by atoms with Crippen LogP contribution in [0.25, 0.3) is 0 Å². The second-order valence-corrected chi connectivity index (χ2v) is 5.50. The third-order valence-electron chi connectivity index (χ3n) is 3.60. The molecule has 1 amide bonds. The summed E-state index contributed by atoms with van der Waals surface area (Å²) in [6, 6.07) is 7.99. The molecule has 0 radical (unpaired) electrons. The number of hydrogen-bond donors (Lipinski definition) is 1. The Morgan fingerprint density at radius 3 is 2.62 bits per heavy atom. The first-order chi connectivity index (χ1) is 9.66. The highest BCUT2D eigenvalue weighted by Crippen LogP contribution is 2.18. The van der Waals surface area contributed by atoms with Gasteiger partial charge in [0.15, 0.2) is 6.61 Å². The molecule has 0 unspecified atom stereocenters. The van der Waals surface area contributed by atoms with Gasteiger partial charge in [-0.3, -0.25) is 4.79 Å². The summed E-state index contributed by atoms with van der Waals surface area (Å²) in [5.74, 6) is 1.34. The number of carbonyl (C=O) groups excluding carboxylic acids is 1. The van der Waals surface area contributed by atoms with Gasteiger partial charge in [0.05, 0.1) is 0 Å². The van der Waals surface area contributed by atoms with Gasteiger partial charge in [0.2, 0.25) is 0 Å². The summed E-state index contributed by atoms with van der Waals surface area (Å²) in [6.45, 7) is 7.90. The number of nitrogens with zero attached hydrogens (tertiary/aromatic N) is 1. The van der Waals surface area contributed by atoms with E-state index in [-0.39, 0.29) is 24.9 Å². The SMILES string of the molecule is CC(C)c1ccc(OCC(=O)N2CCCNCC2)cc1.Cl. The summed E-state index contributed by atoms with van der Waals surface area (Å²) >= 11 is 0. The predicted octanol–water partition coefficient (Wildman–Crippen LogP) is 2.43. The van der Waals surface area contributed by atoms with Crippen molar-refractivity contribution < 1.29 is 9.53 Å². The van der Waals surface area contributed by atoms with Crippen LogP contribution in [0.2, 0.25) is 0 Å². The molecule has 0 spiro atoms. The second-order valence-electron chi connectivity index (χ2n) is 5.50. The van der Waals surface area contributed by atoms with Crippen LogP contribution in [0.15, 0.2) is 24.3 Å². The summed E-state index contributed by atoms with van der Waals surface area (Å²) < 4.78 is 5.58. The van der Waals surface area contributed by atoms with Gasteiger partial charge in [-0.2, -0.15) is 0 Å². The number of amides is 1. The van der Waals surface area contributed by atoms with Gasteiger partial charge in [-0.05, 0) is 36.6 Å². The van der Waals surface area contributed by atoms with E-state index in [9.17, 15) is 4.79 Å². The van der Waals surface area contributed by atoms with Crippen LogP contribution in [0, 0.1) is 0 Å². The Morgan fingerprint density at radius 1 is 1.24 bits per heavy atom. The largest absolute Gasteiger partial charge is 0.484 e. The number of benzene rings is 1. The minimum absolute atomic E-state index is 0. The van der Waals surface area contributed by atoms with Gasteiger partial charge in [0.1, 0.15) is 5.75 Å². The highest BCUT2D eigenvalue weighted by molar-refractivity contribution is 5.85. The number of carbonyl (C=O) groups is 1. The molecule has 1 fully saturated rings. The lowest BCUT2D eigenvalue weighted by atomic mass is 10.0. The van der Waals surface area contributed by atoms with Gasteiger partial charge in [-0.1, -0.05) is 26.0 Å². The Hall–Kier alpha value is -1.26. The average Bonchev–Trinajstić information content (AvgIpc) is 2.74. The number of halogens is 1. The molecular weight excluding hydrogens is 288 g/mol. The second kappa shape index (κ2) is 8.90. The maximum Gasteiger partial charge on any atom is 0.260 e. The van der Waals surface area contributed by atoms with Gasteiger partial charge < -0.3 is 15.0 Å². The molecule has 118 valence electrons. The smallest absolute Gasteiger partial charge is 0.260 e. The standard InChI is InChI=1S/C16H24N2O2.ClH/c1-13(2)14-4-6-15(7-5-14)20-12-16(19)18-10-3-8-17-9-11-18;/h4-7,13,17H,3,8-12H2,1-2H3;1H.